The van der Waals surface area contributed by atoms with E-state index < -0.39 is 18.5 Å². The molecule has 0 fully saturated rings. The Morgan fingerprint density at radius 3 is 2.21 bits per heavy atom. The van der Waals surface area contributed by atoms with Gasteiger partial charge in [-0.05, 0) is 49.4 Å². The number of nitrogens with one attached hydrogen (secondary N) is 3. The van der Waals surface area contributed by atoms with Gasteiger partial charge < -0.3 is 20.7 Å². The van der Waals surface area contributed by atoms with Gasteiger partial charge in [-0.3, -0.25) is 14.4 Å². The molecule has 0 bridgehead atoms. The van der Waals surface area contributed by atoms with Crippen molar-refractivity contribution in [1.29, 1.82) is 0 Å². The van der Waals surface area contributed by atoms with E-state index >= 15 is 0 Å². The molecule has 168 valence electrons. The molecule has 3 aromatic carbocycles. The van der Waals surface area contributed by atoms with E-state index in [1.807, 2.05) is 6.92 Å². The number of para-hydroxylation sites is 1. The van der Waals surface area contributed by atoms with Crippen LogP contribution in [0.4, 0.5) is 11.4 Å². The van der Waals surface area contributed by atoms with Crippen molar-refractivity contribution in [3.05, 3.63) is 95.6 Å². The molecular weight excluding hydrogens is 422 g/mol. The Balaban J connectivity index is 1.60. The average Bonchev–Trinajstić information content (AvgIpc) is 2.83. The molecule has 0 aliphatic carbocycles. The Kier molecular flexibility index (Phi) is 7.91. The van der Waals surface area contributed by atoms with Gasteiger partial charge >= 0.3 is 5.97 Å². The van der Waals surface area contributed by atoms with Gasteiger partial charge in [-0.1, -0.05) is 36.4 Å². The van der Waals surface area contributed by atoms with Gasteiger partial charge in [-0.2, -0.15) is 0 Å². The molecule has 3 N–H and O–H groups in total. The lowest BCUT2D eigenvalue weighted by atomic mass is 10.1. The van der Waals surface area contributed by atoms with Crippen LogP contribution in [0.3, 0.4) is 0 Å². The first-order valence-electron chi connectivity index (χ1n) is 10.3. The Hall–Kier alpha value is -4.46. The Labute approximate surface area is 191 Å². The van der Waals surface area contributed by atoms with Crippen LogP contribution in [0.5, 0.6) is 0 Å². The summed E-state index contributed by atoms with van der Waals surface area (Å²) in [7, 11) is 0. The van der Waals surface area contributed by atoms with Gasteiger partial charge in [0.2, 0.25) is 0 Å². The second-order valence-corrected chi connectivity index (χ2v) is 6.93. The maximum atomic E-state index is 12.5. The molecule has 3 aromatic rings. The molecule has 0 heterocycles. The van der Waals surface area contributed by atoms with Crippen molar-refractivity contribution in [2.24, 2.45) is 0 Å². The fourth-order valence-corrected chi connectivity index (χ4v) is 2.96. The summed E-state index contributed by atoms with van der Waals surface area (Å²) in [6.45, 7) is 1.76. The number of anilines is 2. The number of rotatable bonds is 8. The summed E-state index contributed by atoms with van der Waals surface area (Å²) in [5.41, 5.74) is 1.62. The molecule has 3 rings (SSSR count). The highest BCUT2D eigenvalue weighted by Gasteiger charge is 2.17. The van der Waals surface area contributed by atoms with Crippen LogP contribution in [0.1, 0.15) is 38.0 Å². The van der Waals surface area contributed by atoms with E-state index in [4.69, 9.17) is 4.74 Å². The molecule has 0 atom stereocenters. The van der Waals surface area contributed by atoms with Crippen LogP contribution in [-0.4, -0.2) is 36.8 Å². The molecule has 0 aliphatic heterocycles. The second-order valence-electron chi connectivity index (χ2n) is 6.93. The van der Waals surface area contributed by atoms with Crippen LogP contribution in [0, 0.1) is 0 Å². The van der Waals surface area contributed by atoms with Gasteiger partial charge in [-0.25, -0.2) is 4.79 Å². The Morgan fingerprint density at radius 2 is 1.45 bits per heavy atom. The van der Waals surface area contributed by atoms with Gasteiger partial charge in [0.05, 0.1) is 11.3 Å². The molecular formula is C25H23N3O5. The van der Waals surface area contributed by atoms with E-state index in [1.54, 1.807) is 66.7 Å². The predicted octanol–water partition coefficient (Wildman–Crippen LogP) is 3.48. The smallest absolute Gasteiger partial charge is 0.340 e. The topological polar surface area (TPSA) is 114 Å². The van der Waals surface area contributed by atoms with Gasteiger partial charge in [0.15, 0.2) is 6.61 Å². The van der Waals surface area contributed by atoms with Crippen molar-refractivity contribution in [2.75, 3.05) is 23.8 Å². The zero-order chi connectivity index (χ0) is 23.6. The lowest BCUT2D eigenvalue weighted by molar-refractivity contribution is -0.119. The Bertz CT molecular complexity index is 1160. The van der Waals surface area contributed by atoms with Crippen LogP contribution < -0.4 is 16.0 Å². The first-order valence-corrected chi connectivity index (χ1v) is 10.3. The fourth-order valence-electron chi connectivity index (χ4n) is 2.96. The van der Waals surface area contributed by atoms with Crippen LogP contribution in [-0.2, 0) is 9.53 Å². The van der Waals surface area contributed by atoms with Gasteiger partial charge in [0, 0.05) is 23.4 Å². The quantitative estimate of drug-likeness (QED) is 0.460. The molecule has 0 saturated heterocycles. The summed E-state index contributed by atoms with van der Waals surface area (Å²) >= 11 is 0. The molecule has 0 radical (unpaired) electrons. The van der Waals surface area contributed by atoms with Crippen LogP contribution in [0.15, 0.2) is 78.9 Å². The highest BCUT2D eigenvalue weighted by Crippen LogP contribution is 2.18. The van der Waals surface area contributed by atoms with E-state index in [2.05, 4.69) is 16.0 Å². The van der Waals surface area contributed by atoms with Crippen LogP contribution in [0.2, 0.25) is 0 Å². The first-order chi connectivity index (χ1) is 16.0. The van der Waals surface area contributed by atoms with E-state index in [0.717, 1.165) is 0 Å². The van der Waals surface area contributed by atoms with Crippen molar-refractivity contribution in [3.8, 4) is 0 Å². The van der Waals surface area contributed by atoms with Crippen LogP contribution in [0.25, 0.3) is 0 Å². The maximum Gasteiger partial charge on any atom is 0.340 e. The number of benzene rings is 3. The van der Waals surface area contributed by atoms with Gasteiger partial charge in [0.25, 0.3) is 17.7 Å². The SMILES string of the molecule is CCNC(=O)c1cccc(NC(=O)COC(=O)c2ccccc2NC(=O)c2ccccc2)c1. The molecule has 0 unspecified atom stereocenters. The van der Waals surface area contributed by atoms with Crippen molar-refractivity contribution in [2.45, 2.75) is 6.92 Å². The highest BCUT2D eigenvalue weighted by atomic mass is 16.5. The third kappa shape index (κ3) is 6.51. The minimum Gasteiger partial charge on any atom is -0.452 e. The van der Waals surface area contributed by atoms with Crippen LogP contribution >= 0.6 is 0 Å². The summed E-state index contributed by atoms with van der Waals surface area (Å²) in [5.74, 6) is -1.96. The third-order valence-electron chi connectivity index (χ3n) is 4.51. The molecule has 0 saturated carbocycles. The van der Waals surface area contributed by atoms with Crippen molar-refractivity contribution < 1.29 is 23.9 Å². The summed E-state index contributed by atoms with van der Waals surface area (Å²) in [4.78, 5) is 49.1. The largest absolute Gasteiger partial charge is 0.452 e. The number of amides is 3. The molecule has 0 aliphatic rings. The second kappa shape index (κ2) is 11.2. The minimum absolute atomic E-state index is 0.118. The molecule has 0 spiro atoms. The number of hydrogen-bond acceptors (Lipinski definition) is 5. The molecule has 3 amide bonds. The predicted molar refractivity (Wildman–Crippen MR) is 124 cm³/mol. The first kappa shape index (κ1) is 23.2. The van der Waals surface area contributed by atoms with Crippen molar-refractivity contribution in [3.63, 3.8) is 0 Å². The van der Waals surface area contributed by atoms with E-state index in [-0.39, 0.29) is 23.1 Å². The highest BCUT2D eigenvalue weighted by molar-refractivity contribution is 6.08. The monoisotopic (exact) mass is 445 g/mol. The molecule has 8 heteroatoms. The fraction of sp³-hybridized carbons (Fsp3) is 0.120. The summed E-state index contributed by atoms with van der Waals surface area (Å²) in [5, 5.41) is 7.95. The summed E-state index contributed by atoms with van der Waals surface area (Å²) < 4.78 is 5.12. The normalized spacial score (nSPS) is 10.1. The van der Waals surface area contributed by atoms with Gasteiger partial charge in [0.1, 0.15) is 0 Å². The number of ether oxygens (including phenoxy) is 1. The summed E-state index contributed by atoms with van der Waals surface area (Å²) in [6.07, 6.45) is 0. The van der Waals surface area contributed by atoms with Crippen molar-refractivity contribution in [1.82, 2.24) is 5.32 Å². The Morgan fingerprint density at radius 1 is 0.758 bits per heavy atom. The minimum atomic E-state index is -0.759. The zero-order valence-corrected chi connectivity index (χ0v) is 18.0. The zero-order valence-electron chi connectivity index (χ0n) is 18.0. The lowest BCUT2D eigenvalue weighted by Crippen LogP contribution is -2.24. The summed E-state index contributed by atoms with van der Waals surface area (Å²) in [6, 6.07) is 21.4. The number of esters is 1. The van der Waals surface area contributed by atoms with Gasteiger partial charge in [-0.15, -0.1) is 0 Å². The molecule has 0 aromatic heterocycles. The lowest BCUT2D eigenvalue weighted by Gasteiger charge is -2.11. The molecule has 8 nitrogen and oxygen atoms in total. The van der Waals surface area contributed by atoms with Crippen molar-refractivity contribution >= 4 is 35.1 Å². The third-order valence-corrected chi connectivity index (χ3v) is 4.51. The number of carbonyl (C=O) groups is 4. The molecule has 33 heavy (non-hydrogen) atoms. The van der Waals surface area contributed by atoms with E-state index in [0.29, 0.717) is 23.4 Å². The van der Waals surface area contributed by atoms with E-state index in [1.165, 1.54) is 12.1 Å². The standard InChI is InChI=1S/C25H23N3O5/c1-2-26-23(30)18-11-8-12-19(15-18)27-22(29)16-33-25(32)20-13-6-7-14-21(20)28-24(31)17-9-4-3-5-10-17/h3-15H,2,16H2,1H3,(H,26,30)(H,27,29)(H,28,31). The average molecular weight is 445 g/mol. The maximum absolute atomic E-state index is 12.5. The number of carbonyl (C=O) groups excluding carboxylic acids is 4. The number of hydrogen-bond donors (Lipinski definition) is 3. The van der Waals surface area contributed by atoms with E-state index in [9.17, 15) is 19.2 Å².